The van der Waals surface area contributed by atoms with Crippen LogP contribution in [0.3, 0.4) is 0 Å². The van der Waals surface area contributed by atoms with E-state index in [1.807, 2.05) is 51.1 Å². The van der Waals surface area contributed by atoms with Crippen molar-refractivity contribution < 1.29 is 143 Å². The summed E-state index contributed by atoms with van der Waals surface area (Å²) in [6.45, 7) is 17.7. The monoisotopic (exact) mass is 849 g/mol. The molecular formula is C39H39K2N4O9S2+. The molecule has 3 aliphatic heterocycles. The summed E-state index contributed by atoms with van der Waals surface area (Å²) in [6.07, 6.45) is 6.76. The van der Waals surface area contributed by atoms with Crippen LogP contribution in [0.4, 0.5) is 11.4 Å². The summed E-state index contributed by atoms with van der Waals surface area (Å²) in [5.74, 6) is -0.663. The van der Waals surface area contributed by atoms with Crippen LogP contribution in [0.2, 0.25) is 0 Å². The Morgan fingerprint density at radius 3 is 2.30 bits per heavy atom. The number of hydrogen-bond acceptors (Lipinski definition) is 11. The number of para-hydroxylation sites is 1. The van der Waals surface area contributed by atoms with E-state index in [0.717, 1.165) is 54.8 Å². The zero-order chi connectivity index (χ0) is 39.6. The first-order valence-electron chi connectivity index (χ1n) is 17.5. The standard InChI is InChI=1S/C39H40N4O9S2.2K/c1-7-8-19-52-37(45)28-15-11-12-18-43(28)27-14-10-9-13-25(27)38(2,3)32(43)21-24-33(26(22-40)41-6)23(36(24)44)20-31-39(4,5)34-29(53(46,47)48)16-17-30(35(34)42-31)54(49,50)51;;/h9-10,13-14,16-17,20-21,28H,7-8,11-12,15,18-19H2,1-5H3,(H2-,44,46,47,48,49,50,51);;/q;2*+1/p-1/b23-20?,32-21?,33-26-;;. The first-order valence-corrected chi connectivity index (χ1v) is 20.3. The third-order valence-corrected chi connectivity index (χ3v) is 12.8. The number of rotatable bonds is 8. The van der Waals surface area contributed by atoms with E-state index in [1.165, 1.54) is 19.9 Å². The Hall–Kier alpha value is -1.63. The summed E-state index contributed by atoms with van der Waals surface area (Å²) in [5, 5.41) is 22.0. The molecule has 2 aromatic carbocycles. The summed E-state index contributed by atoms with van der Waals surface area (Å²) in [7, 11) is -10.4. The first-order chi connectivity index (χ1) is 25.3. The summed E-state index contributed by atoms with van der Waals surface area (Å²) in [5.41, 5.74) is -0.565. The molecule has 1 aliphatic carbocycles. The van der Waals surface area contributed by atoms with E-state index >= 15 is 0 Å². The average Bonchev–Trinajstić information content (AvgIpc) is 3.47. The van der Waals surface area contributed by atoms with Gasteiger partial charge in [0.1, 0.15) is 37.4 Å². The SMILES string of the molecule is [C-]#[N+]/C(C#N)=C1/C(=CC2=Nc3c(S(=O)(=O)[O-])ccc(S(=O)(=O)[O-])c3C2(C)C)C(O)=C1C=C1C(C)(C)c2ccccc2[N+]12CCCCC2C(=O)OCCCC.[K+].[K+]. The Balaban J connectivity index is 0.00000348. The fourth-order valence-electron chi connectivity index (χ4n) is 8.47. The number of quaternary nitrogens is 1. The Morgan fingerprint density at radius 2 is 1.70 bits per heavy atom. The normalized spacial score (nSPS) is 24.2. The number of aliphatic imine (C=N–C) groups is 1. The van der Waals surface area contributed by atoms with Gasteiger partial charge in [-0.3, -0.25) is 4.99 Å². The number of ether oxygens (including phenoxy) is 1. The number of nitriles is 1. The number of unbranched alkanes of at least 4 members (excludes halogenated alkanes) is 1. The molecule has 0 aromatic heterocycles. The van der Waals surface area contributed by atoms with Gasteiger partial charge in [-0.05, 0) is 57.4 Å². The zero-order valence-corrected chi connectivity index (χ0v) is 40.3. The molecule has 2 unspecified atom stereocenters. The molecule has 2 atom stereocenters. The van der Waals surface area contributed by atoms with Gasteiger partial charge in [-0.15, -0.1) is 0 Å². The van der Waals surface area contributed by atoms with E-state index < -0.39 is 52.6 Å². The van der Waals surface area contributed by atoms with E-state index in [4.69, 9.17) is 11.3 Å². The molecule has 1 saturated heterocycles. The fourth-order valence-corrected chi connectivity index (χ4v) is 9.92. The number of nitrogens with zero attached hydrogens (tertiary/aromatic N) is 4. The van der Waals surface area contributed by atoms with Gasteiger partial charge in [0.2, 0.25) is 0 Å². The number of aliphatic hydroxyl groups excluding tert-OH is 1. The van der Waals surface area contributed by atoms with Gasteiger partial charge < -0.3 is 18.9 Å². The van der Waals surface area contributed by atoms with Gasteiger partial charge in [0.15, 0.2) is 6.04 Å². The maximum Gasteiger partial charge on any atom is 1.00 e. The molecule has 4 aliphatic rings. The van der Waals surface area contributed by atoms with E-state index in [2.05, 4.69) is 9.84 Å². The first kappa shape index (κ1) is 47.1. The Labute approximate surface area is 413 Å². The Morgan fingerprint density at radius 1 is 1.05 bits per heavy atom. The van der Waals surface area contributed by atoms with Gasteiger partial charge in [0.05, 0.1) is 52.4 Å². The van der Waals surface area contributed by atoms with E-state index in [0.29, 0.717) is 13.0 Å². The molecule has 282 valence electrons. The van der Waals surface area contributed by atoms with E-state index in [-0.39, 0.29) is 159 Å². The predicted molar refractivity (Wildman–Crippen MR) is 197 cm³/mol. The second-order valence-corrected chi connectivity index (χ2v) is 17.6. The molecule has 6 rings (SSSR count). The van der Waals surface area contributed by atoms with Gasteiger partial charge >= 0.3 is 109 Å². The van der Waals surface area contributed by atoms with Crippen LogP contribution in [0, 0.1) is 17.9 Å². The quantitative estimate of drug-likeness (QED) is 0.0738. The van der Waals surface area contributed by atoms with Crippen LogP contribution in [0.25, 0.3) is 4.85 Å². The summed E-state index contributed by atoms with van der Waals surface area (Å²) in [4.78, 5) is 20.1. The summed E-state index contributed by atoms with van der Waals surface area (Å²) >= 11 is 0. The Kier molecular flexibility index (Phi) is 14.4. The van der Waals surface area contributed by atoms with Gasteiger partial charge in [0.25, 0.3) is 5.70 Å². The molecule has 0 amide bonds. The topological polar surface area (TPSA) is 201 Å². The Bertz CT molecular complexity index is 2470. The number of benzene rings is 2. The molecule has 1 spiro atoms. The van der Waals surface area contributed by atoms with Crippen molar-refractivity contribution in [2.75, 3.05) is 13.2 Å². The number of allylic oxidation sites excluding steroid dienone is 6. The fraction of sp³-hybridized carbons (Fsp3) is 0.385. The predicted octanol–water partition coefficient (Wildman–Crippen LogP) is 0.394. The molecule has 13 nitrogen and oxygen atoms in total. The van der Waals surface area contributed by atoms with E-state index in [1.54, 1.807) is 6.08 Å². The minimum atomic E-state index is -5.18. The van der Waals surface area contributed by atoms with Crippen LogP contribution in [0.1, 0.15) is 77.8 Å². The van der Waals surface area contributed by atoms with Crippen LogP contribution < -0.4 is 107 Å². The number of carbonyl (C=O) groups excluding carboxylic acids is 1. The summed E-state index contributed by atoms with van der Waals surface area (Å²) < 4.78 is 79.5. The number of piperidine rings is 1. The molecule has 2 aromatic rings. The van der Waals surface area contributed by atoms with Gasteiger partial charge in [-0.2, -0.15) is 0 Å². The van der Waals surface area contributed by atoms with Crippen molar-refractivity contribution in [1.29, 1.82) is 5.26 Å². The minimum absolute atomic E-state index is 0. The third-order valence-electron chi connectivity index (χ3n) is 11.1. The van der Waals surface area contributed by atoms with Crippen molar-refractivity contribution in [2.24, 2.45) is 4.99 Å². The maximum absolute atomic E-state index is 13.9. The van der Waals surface area contributed by atoms with Crippen molar-refractivity contribution in [3.63, 3.8) is 0 Å². The number of aliphatic hydroxyl groups is 1. The van der Waals surface area contributed by atoms with Crippen LogP contribution in [0.15, 0.2) is 97.2 Å². The van der Waals surface area contributed by atoms with Crippen LogP contribution in [-0.4, -0.2) is 61.9 Å². The molecule has 3 heterocycles. The van der Waals surface area contributed by atoms with Crippen molar-refractivity contribution in [2.45, 2.75) is 93.4 Å². The van der Waals surface area contributed by atoms with Crippen molar-refractivity contribution >= 4 is 43.3 Å². The molecule has 0 radical (unpaired) electrons. The largest absolute Gasteiger partial charge is 1.00 e. The molecule has 0 bridgehead atoms. The maximum atomic E-state index is 13.9. The smallest absolute Gasteiger partial charge is 0.744 e. The molecule has 17 heteroatoms. The van der Waals surface area contributed by atoms with E-state index in [9.17, 15) is 41.1 Å². The second kappa shape index (κ2) is 17.2. The minimum Gasteiger partial charge on any atom is -0.744 e. The van der Waals surface area contributed by atoms with Crippen LogP contribution in [0.5, 0.6) is 0 Å². The van der Waals surface area contributed by atoms with Crippen molar-refractivity contribution in [1.82, 2.24) is 4.48 Å². The van der Waals surface area contributed by atoms with Gasteiger partial charge in [-0.25, -0.2) is 36.2 Å². The van der Waals surface area contributed by atoms with Crippen molar-refractivity contribution in [3.8, 4) is 6.07 Å². The van der Waals surface area contributed by atoms with Crippen molar-refractivity contribution in [3.05, 3.63) is 105 Å². The average molecular weight is 850 g/mol. The number of hydrogen-bond donors (Lipinski definition) is 1. The number of esters is 1. The molecule has 56 heavy (non-hydrogen) atoms. The number of carbonyl (C=O) groups is 1. The summed E-state index contributed by atoms with van der Waals surface area (Å²) in [6, 6.07) is 10.6. The van der Waals surface area contributed by atoms with Gasteiger partial charge in [0, 0.05) is 45.8 Å². The molecule has 1 N–H and O–H groups in total. The molecule has 1 fully saturated rings. The third kappa shape index (κ3) is 7.77. The second-order valence-electron chi connectivity index (χ2n) is 14.9. The molecular weight excluding hydrogens is 811 g/mol. The van der Waals surface area contributed by atoms with Crippen LogP contribution >= 0.6 is 0 Å². The van der Waals surface area contributed by atoms with Gasteiger partial charge in [-0.1, -0.05) is 45.4 Å². The molecule has 0 saturated carbocycles. The van der Waals surface area contributed by atoms with Crippen LogP contribution in [-0.2, 0) is 40.6 Å². The number of fused-ring (bicyclic) bond motifs is 3. The zero-order valence-electron chi connectivity index (χ0n) is 32.5.